The number of hydrogen-bond acceptors (Lipinski definition) is 3. The summed E-state index contributed by atoms with van der Waals surface area (Å²) in [5.74, 6) is 1.05. The molecular formula is C20H26N2O2. The van der Waals surface area contributed by atoms with Gasteiger partial charge in [-0.05, 0) is 56.8 Å². The fourth-order valence-electron chi connectivity index (χ4n) is 4.42. The molecule has 3 aliphatic heterocycles. The molecule has 1 amide bonds. The number of hydrogen-bond donors (Lipinski definition) is 1. The molecule has 24 heavy (non-hydrogen) atoms. The van der Waals surface area contributed by atoms with E-state index in [4.69, 9.17) is 4.42 Å². The lowest BCUT2D eigenvalue weighted by atomic mass is 9.79. The van der Waals surface area contributed by atoms with Gasteiger partial charge in [0.2, 0.25) is 0 Å². The molecule has 5 rings (SSSR count). The molecule has 1 N–H and O–H groups in total. The Morgan fingerprint density at radius 3 is 2.71 bits per heavy atom. The molecule has 2 atom stereocenters. The fourth-order valence-corrected chi connectivity index (χ4v) is 4.42. The van der Waals surface area contributed by atoms with Gasteiger partial charge in [0.15, 0.2) is 0 Å². The second-order valence-corrected chi connectivity index (χ2v) is 7.67. The summed E-state index contributed by atoms with van der Waals surface area (Å²) in [7, 11) is 0. The first-order valence-corrected chi connectivity index (χ1v) is 9.10. The Balaban J connectivity index is 1.55. The summed E-state index contributed by atoms with van der Waals surface area (Å²) < 4.78 is 5.67. The average Bonchev–Trinajstić information content (AvgIpc) is 3.01. The number of furan rings is 1. The van der Waals surface area contributed by atoms with E-state index in [1.54, 1.807) is 0 Å². The van der Waals surface area contributed by atoms with E-state index in [1.807, 2.05) is 24.5 Å². The van der Waals surface area contributed by atoms with Crippen molar-refractivity contribution in [2.45, 2.75) is 51.6 Å². The molecule has 0 spiro atoms. The van der Waals surface area contributed by atoms with Gasteiger partial charge in [-0.25, -0.2) is 0 Å². The Kier molecular flexibility index (Phi) is 3.87. The number of fused-ring (bicyclic) bond motifs is 4. The van der Waals surface area contributed by atoms with Crippen LogP contribution in [0.3, 0.4) is 0 Å². The van der Waals surface area contributed by atoms with Crippen LogP contribution < -0.4 is 5.32 Å². The van der Waals surface area contributed by atoms with Crippen molar-refractivity contribution in [3.63, 3.8) is 0 Å². The maximum atomic E-state index is 12.7. The number of rotatable bonds is 3. The van der Waals surface area contributed by atoms with Crippen LogP contribution in [-0.2, 0) is 0 Å². The smallest absolute Gasteiger partial charge is 0.251 e. The molecule has 2 aromatic rings. The second-order valence-electron chi connectivity index (χ2n) is 7.67. The highest BCUT2D eigenvalue weighted by atomic mass is 16.3. The maximum Gasteiger partial charge on any atom is 0.251 e. The molecule has 3 fully saturated rings. The molecule has 3 aliphatic rings. The topological polar surface area (TPSA) is 45.5 Å². The highest BCUT2D eigenvalue weighted by Crippen LogP contribution is 2.32. The van der Waals surface area contributed by atoms with Crippen LogP contribution in [0.5, 0.6) is 0 Å². The second kappa shape index (κ2) is 5.92. The molecule has 4 heteroatoms. The van der Waals surface area contributed by atoms with Crippen molar-refractivity contribution >= 4 is 16.9 Å². The van der Waals surface area contributed by atoms with Crippen molar-refractivity contribution in [1.82, 2.24) is 10.2 Å². The molecule has 3 saturated heterocycles. The molecule has 1 aromatic carbocycles. The number of nitrogens with one attached hydrogen (secondary N) is 1. The van der Waals surface area contributed by atoms with Gasteiger partial charge in [-0.2, -0.15) is 0 Å². The Labute approximate surface area is 143 Å². The number of carbonyl (C=O) groups is 1. The summed E-state index contributed by atoms with van der Waals surface area (Å²) in [5, 5.41) is 4.40. The highest BCUT2D eigenvalue weighted by molar-refractivity contribution is 5.98. The Bertz CT molecular complexity index is 754. The van der Waals surface area contributed by atoms with E-state index < -0.39 is 0 Å². The van der Waals surface area contributed by atoms with Gasteiger partial charge in [-0.3, -0.25) is 9.69 Å². The largest absolute Gasteiger partial charge is 0.464 e. The van der Waals surface area contributed by atoms with E-state index in [1.165, 1.54) is 31.5 Å². The van der Waals surface area contributed by atoms with E-state index in [9.17, 15) is 4.79 Å². The lowest BCUT2D eigenvalue weighted by molar-refractivity contribution is 0.0217. The zero-order valence-electron chi connectivity index (χ0n) is 14.7. The third kappa shape index (κ3) is 2.53. The van der Waals surface area contributed by atoms with Crippen molar-refractivity contribution < 1.29 is 9.21 Å². The lowest BCUT2D eigenvalue weighted by Crippen LogP contribution is -2.62. The summed E-state index contributed by atoms with van der Waals surface area (Å²) in [6.07, 6.45) is 4.21. The van der Waals surface area contributed by atoms with Crippen molar-refractivity contribution in [2.24, 2.45) is 5.92 Å². The zero-order valence-corrected chi connectivity index (χ0v) is 14.7. The van der Waals surface area contributed by atoms with E-state index >= 15 is 0 Å². The van der Waals surface area contributed by atoms with Gasteiger partial charge >= 0.3 is 0 Å². The SMILES string of the molecule is CC(C)c1coc2cc(C(=O)NC3C4CCN(CC4)C3C)ccc12. The Hall–Kier alpha value is -1.81. The average molecular weight is 326 g/mol. The number of amides is 1. The maximum absolute atomic E-state index is 12.7. The Morgan fingerprint density at radius 2 is 2.04 bits per heavy atom. The first-order valence-electron chi connectivity index (χ1n) is 9.10. The van der Waals surface area contributed by atoms with Crippen LogP contribution in [0, 0.1) is 5.92 Å². The van der Waals surface area contributed by atoms with Crippen LogP contribution in [0.15, 0.2) is 28.9 Å². The number of benzene rings is 1. The van der Waals surface area contributed by atoms with E-state index in [2.05, 4.69) is 31.0 Å². The minimum Gasteiger partial charge on any atom is -0.464 e. The molecular weight excluding hydrogens is 300 g/mol. The van der Waals surface area contributed by atoms with E-state index in [-0.39, 0.29) is 11.9 Å². The minimum atomic E-state index is 0.0185. The molecule has 4 heterocycles. The van der Waals surface area contributed by atoms with Gasteiger partial charge in [0, 0.05) is 28.6 Å². The Morgan fingerprint density at radius 1 is 1.29 bits per heavy atom. The third-order valence-electron chi connectivity index (χ3n) is 5.97. The third-order valence-corrected chi connectivity index (χ3v) is 5.97. The van der Waals surface area contributed by atoms with Gasteiger partial charge in [-0.1, -0.05) is 19.9 Å². The van der Waals surface area contributed by atoms with Crippen LogP contribution in [0.1, 0.15) is 55.5 Å². The number of nitrogens with zero attached hydrogens (tertiary/aromatic N) is 1. The van der Waals surface area contributed by atoms with Crippen LogP contribution in [-0.4, -0.2) is 36.0 Å². The molecule has 0 radical (unpaired) electrons. The summed E-state index contributed by atoms with van der Waals surface area (Å²) in [6.45, 7) is 8.89. The molecule has 2 bridgehead atoms. The summed E-state index contributed by atoms with van der Waals surface area (Å²) in [4.78, 5) is 15.2. The first kappa shape index (κ1) is 15.7. The van der Waals surface area contributed by atoms with E-state index in [0.717, 1.165) is 11.0 Å². The summed E-state index contributed by atoms with van der Waals surface area (Å²) >= 11 is 0. The van der Waals surface area contributed by atoms with Crippen molar-refractivity contribution in [2.75, 3.05) is 13.1 Å². The van der Waals surface area contributed by atoms with Gasteiger partial charge < -0.3 is 9.73 Å². The van der Waals surface area contributed by atoms with Crippen molar-refractivity contribution in [3.8, 4) is 0 Å². The van der Waals surface area contributed by atoms with Gasteiger partial charge in [-0.15, -0.1) is 0 Å². The van der Waals surface area contributed by atoms with Gasteiger partial charge in [0.25, 0.3) is 5.91 Å². The standard InChI is InChI=1S/C20H26N2O2/c1-12(2)17-11-24-18-10-15(4-5-16(17)18)20(23)21-19-13(3)22-8-6-14(19)7-9-22/h4-5,10-14,19H,6-9H2,1-3H3,(H,21,23). The van der Waals surface area contributed by atoms with Crippen molar-refractivity contribution in [3.05, 3.63) is 35.6 Å². The zero-order chi connectivity index (χ0) is 16.8. The summed E-state index contributed by atoms with van der Waals surface area (Å²) in [5.41, 5.74) is 2.69. The number of carbonyl (C=O) groups excluding carboxylic acids is 1. The number of piperidine rings is 3. The lowest BCUT2D eigenvalue weighted by Gasteiger charge is -2.49. The van der Waals surface area contributed by atoms with Gasteiger partial charge in [0.1, 0.15) is 5.58 Å². The summed E-state index contributed by atoms with van der Waals surface area (Å²) in [6, 6.07) is 6.51. The molecule has 1 aromatic heterocycles. The van der Waals surface area contributed by atoms with Crippen LogP contribution in [0.4, 0.5) is 0 Å². The fraction of sp³-hybridized carbons (Fsp3) is 0.550. The molecule has 4 nitrogen and oxygen atoms in total. The van der Waals surface area contributed by atoms with Crippen LogP contribution in [0.25, 0.3) is 11.0 Å². The molecule has 0 aliphatic carbocycles. The molecule has 0 saturated carbocycles. The van der Waals surface area contributed by atoms with Crippen molar-refractivity contribution in [1.29, 1.82) is 0 Å². The monoisotopic (exact) mass is 326 g/mol. The van der Waals surface area contributed by atoms with Crippen LogP contribution in [0.2, 0.25) is 0 Å². The molecule has 128 valence electrons. The first-order chi connectivity index (χ1) is 11.5. The molecule has 2 unspecified atom stereocenters. The normalized spacial score (nSPS) is 29.3. The quantitative estimate of drug-likeness (QED) is 0.934. The predicted molar refractivity (Wildman–Crippen MR) is 95.3 cm³/mol. The highest BCUT2D eigenvalue weighted by Gasteiger charge is 2.40. The van der Waals surface area contributed by atoms with Crippen LogP contribution >= 0.6 is 0 Å². The van der Waals surface area contributed by atoms with Gasteiger partial charge in [0.05, 0.1) is 6.26 Å². The predicted octanol–water partition coefficient (Wildman–Crippen LogP) is 3.77. The minimum absolute atomic E-state index is 0.0185. The van der Waals surface area contributed by atoms with E-state index in [0.29, 0.717) is 23.4 Å².